The number of aryl methyl sites for hydroxylation is 2. The number of ether oxygens (including phenoxy) is 1. The molecular weight excluding hydrogens is 510 g/mol. The van der Waals surface area contributed by atoms with Gasteiger partial charge in [0.2, 0.25) is 0 Å². The van der Waals surface area contributed by atoms with E-state index in [4.69, 9.17) is 4.74 Å². The van der Waals surface area contributed by atoms with E-state index in [1.54, 1.807) is 41.8 Å². The van der Waals surface area contributed by atoms with Crippen molar-refractivity contribution in [1.29, 1.82) is 0 Å². The number of hydrogen-bond donors (Lipinski definition) is 1. The molecule has 0 spiro atoms. The normalized spacial score (nSPS) is 12.0. The molecule has 1 N–H and O–H groups in total. The van der Waals surface area contributed by atoms with Crippen LogP contribution in [-0.2, 0) is 32.5 Å². The van der Waals surface area contributed by atoms with Crippen LogP contribution < -0.4 is 9.52 Å². The molecule has 0 aliphatic heterocycles. The highest BCUT2D eigenvalue weighted by Crippen LogP contribution is 2.21. The maximum Gasteiger partial charge on any atom is 0.326 e. The second kappa shape index (κ2) is 11.1. The fourth-order valence-corrected chi connectivity index (χ4v) is 5.85. The first kappa shape index (κ1) is 26.3. The Morgan fingerprint density at radius 1 is 1.03 bits per heavy atom. The smallest absolute Gasteiger partial charge is 0.326 e. The second-order valence-corrected chi connectivity index (χ2v) is 11.0. The first-order valence-corrected chi connectivity index (χ1v) is 14.1. The van der Waals surface area contributed by atoms with Gasteiger partial charge in [-0.2, -0.15) is 4.99 Å². The summed E-state index contributed by atoms with van der Waals surface area (Å²) < 4.78 is 35.7. The zero-order chi connectivity index (χ0) is 26.6. The van der Waals surface area contributed by atoms with Gasteiger partial charge in [-0.25, -0.2) is 8.42 Å². The molecule has 0 atom stereocenters. The van der Waals surface area contributed by atoms with Crippen molar-refractivity contribution in [2.45, 2.75) is 38.6 Å². The molecule has 10 heteroatoms. The van der Waals surface area contributed by atoms with Gasteiger partial charge in [0.05, 0.1) is 21.7 Å². The van der Waals surface area contributed by atoms with Crippen LogP contribution in [0, 0.1) is 6.92 Å². The number of sulfonamides is 1. The van der Waals surface area contributed by atoms with Crippen molar-refractivity contribution in [1.82, 2.24) is 4.57 Å². The number of amides is 1. The number of thiazole rings is 1. The Bertz CT molecular complexity index is 1630. The predicted octanol–water partition coefficient (Wildman–Crippen LogP) is 4.68. The predicted molar refractivity (Wildman–Crippen MR) is 144 cm³/mol. The fourth-order valence-electron chi connectivity index (χ4n) is 3.71. The minimum absolute atomic E-state index is 0.0815. The molecule has 1 amide bonds. The maximum atomic E-state index is 13.1. The number of esters is 1. The van der Waals surface area contributed by atoms with Gasteiger partial charge in [-0.3, -0.25) is 14.3 Å². The minimum Gasteiger partial charge on any atom is -0.465 e. The molecule has 0 saturated carbocycles. The van der Waals surface area contributed by atoms with E-state index in [0.717, 1.165) is 27.8 Å². The van der Waals surface area contributed by atoms with Crippen LogP contribution in [0.3, 0.4) is 0 Å². The summed E-state index contributed by atoms with van der Waals surface area (Å²) in [6, 6.07) is 18.5. The summed E-state index contributed by atoms with van der Waals surface area (Å²) in [5.41, 5.74) is 3.30. The lowest BCUT2D eigenvalue weighted by Crippen LogP contribution is -2.23. The average Bonchev–Trinajstić information content (AvgIpc) is 3.20. The Balaban J connectivity index is 1.68. The van der Waals surface area contributed by atoms with Crippen LogP contribution in [0.1, 0.15) is 35.3 Å². The van der Waals surface area contributed by atoms with Crippen LogP contribution in [0.15, 0.2) is 76.6 Å². The molecule has 0 fully saturated rings. The van der Waals surface area contributed by atoms with Crippen LogP contribution in [0.4, 0.5) is 5.69 Å². The van der Waals surface area contributed by atoms with Gasteiger partial charge in [0, 0.05) is 11.3 Å². The average molecular weight is 538 g/mol. The number of rotatable bonds is 8. The molecule has 4 aromatic rings. The van der Waals surface area contributed by atoms with Crippen LogP contribution in [0.2, 0.25) is 0 Å². The van der Waals surface area contributed by atoms with Crippen molar-refractivity contribution in [2.75, 3.05) is 11.3 Å². The number of carbonyl (C=O) groups excluding carboxylic acids is 2. The molecule has 0 unspecified atom stereocenters. The van der Waals surface area contributed by atoms with Crippen molar-refractivity contribution < 1.29 is 22.7 Å². The number of carbonyl (C=O) groups is 2. The van der Waals surface area contributed by atoms with E-state index >= 15 is 0 Å². The molecule has 0 saturated heterocycles. The highest BCUT2D eigenvalue weighted by molar-refractivity contribution is 7.92. The SMILES string of the molecule is CCOC(=O)Cn1c(=NC(=O)c2cccc(NS(=O)(=O)c3ccc(C)cc3)c2)sc2cc(CC)ccc21. The Hall–Kier alpha value is -3.76. The molecule has 0 radical (unpaired) electrons. The molecule has 4 rings (SSSR count). The number of hydrogen-bond acceptors (Lipinski definition) is 6. The van der Waals surface area contributed by atoms with Crippen LogP contribution in [0.25, 0.3) is 10.2 Å². The standard InChI is InChI=1S/C27H27N3O5S2/c1-4-19-11-14-23-24(15-19)36-27(30(23)17-25(31)35-5-2)28-26(32)20-7-6-8-21(16-20)29-37(33,34)22-12-9-18(3)10-13-22/h6-16,29H,4-5,17H2,1-3H3. The summed E-state index contributed by atoms with van der Waals surface area (Å²) in [4.78, 5) is 30.2. The fraction of sp³-hybridized carbons (Fsp3) is 0.222. The largest absolute Gasteiger partial charge is 0.465 e. The van der Waals surface area contributed by atoms with Crippen molar-refractivity contribution in [2.24, 2.45) is 4.99 Å². The minimum atomic E-state index is -3.83. The number of nitrogens with zero attached hydrogens (tertiary/aromatic N) is 2. The van der Waals surface area contributed by atoms with E-state index in [9.17, 15) is 18.0 Å². The van der Waals surface area contributed by atoms with E-state index in [1.807, 2.05) is 25.1 Å². The lowest BCUT2D eigenvalue weighted by molar-refractivity contribution is -0.143. The molecule has 0 bridgehead atoms. The zero-order valence-electron chi connectivity index (χ0n) is 20.7. The first-order chi connectivity index (χ1) is 17.7. The van der Waals surface area contributed by atoms with Crippen LogP contribution in [-0.4, -0.2) is 31.5 Å². The number of nitrogens with one attached hydrogen (secondary N) is 1. The summed E-state index contributed by atoms with van der Waals surface area (Å²) in [5, 5.41) is 0. The highest BCUT2D eigenvalue weighted by atomic mass is 32.2. The monoisotopic (exact) mass is 537 g/mol. The first-order valence-electron chi connectivity index (χ1n) is 11.8. The van der Waals surface area contributed by atoms with Crippen molar-refractivity contribution in [3.05, 3.63) is 88.2 Å². The Morgan fingerprint density at radius 3 is 2.49 bits per heavy atom. The zero-order valence-corrected chi connectivity index (χ0v) is 22.4. The quantitative estimate of drug-likeness (QED) is 0.329. The molecule has 0 aliphatic carbocycles. The summed E-state index contributed by atoms with van der Waals surface area (Å²) >= 11 is 1.31. The number of aromatic nitrogens is 1. The van der Waals surface area contributed by atoms with Crippen molar-refractivity contribution in [3.63, 3.8) is 0 Å². The Morgan fingerprint density at radius 2 is 1.78 bits per heavy atom. The molecular formula is C27H27N3O5S2. The van der Waals surface area contributed by atoms with Crippen molar-refractivity contribution >= 4 is 49.1 Å². The van der Waals surface area contributed by atoms with Gasteiger partial charge >= 0.3 is 5.97 Å². The van der Waals surface area contributed by atoms with E-state index in [1.165, 1.54) is 29.5 Å². The maximum absolute atomic E-state index is 13.1. The molecule has 192 valence electrons. The van der Waals surface area contributed by atoms with E-state index in [2.05, 4.69) is 16.6 Å². The number of fused-ring (bicyclic) bond motifs is 1. The molecule has 0 aliphatic rings. The molecule has 37 heavy (non-hydrogen) atoms. The number of anilines is 1. The lowest BCUT2D eigenvalue weighted by atomic mass is 10.2. The number of benzene rings is 3. The van der Waals surface area contributed by atoms with E-state index in [-0.39, 0.29) is 29.3 Å². The van der Waals surface area contributed by atoms with Gasteiger partial charge in [-0.15, -0.1) is 0 Å². The Kier molecular flexibility index (Phi) is 7.89. The van der Waals surface area contributed by atoms with Crippen LogP contribution in [0.5, 0.6) is 0 Å². The Labute approximate surface area is 219 Å². The summed E-state index contributed by atoms with van der Waals surface area (Å²) in [7, 11) is -3.83. The van der Waals surface area contributed by atoms with E-state index < -0.39 is 21.9 Å². The topological polar surface area (TPSA) is 107 Å². The third kappa shape index (κ3) is 6.15. The van der Waals surface area contributed by atoms with Gasteiger partial charge < -0.3 is 9.30 Å². The lowest BCUT2D eigenvalue weighted by Gasteiger charge is -2.09. The summed E-state index contributed by atoms with van der Waals surface area (Å²) in [5.74, 6) is -0.987. The van der Waals surface area contributed by atoms with Gasteiger partial charge in [-0.1, -0.05) is 48.1 Å². The highest BCUT2D eigenvalue weighted by Gasteiger charge is 2.16. The summed E-state index contributed by atoms with van der Waals surface area (Å²) in [6.45, 7) is 5.82. The second-order valence-electron chi connectivity index (χ2n) is 8.35. The third-order valence-electron chi connectivity index (χ3n) is 5.64. The van der Waals surface area contributed by atoms with Gasteiger partial charge in [0.1, 0.15) is 6.54 Å². The van der Waals surface area contributed by atoms with Crippen molar-refractivity contribution in [3.8, 4) is 0 Å². The third-order valence-corrected chi connectivity index (χ3v) is 8.08. The molecule has 8 nitrogen and oxygen atoms in total. The van der Waals surface area contributed by atoms with Gasteiger partial charge in [0.15, 0.2) is 4.80 Å². The molecule has 1 aromatic heterocycles. The summed E-state index contributed by atoms with van der Waals surface area (Å²) in [6.07, 6.45) is 0.850. The van der Waals surface area contributed by atoms with Gasteiger partial charge in [-0.05, 0) is 68.3 Å². The molecule has 1 heterocycles. The van der Waals surface area contributed by atoms with Gasteiger partial charge in [0.25, 0.3) is 15.9 Å². The molecule has 3 aromatic carbocycles. The van der Waals surface area contributed by atoms with Crippen LogP contribution >= 0.6 is 11.3 Å². The van der Waals surface area contributed by atoms with E-state index in [0.29, 0.717) is 4.80 Å².